The SMILES string of the molecule is Cc1cc(C)cc(C(=O)N[C@@H]2CCN(c3cc(-c4ccc(F)cc4)[nH]n3)C2)c1. The van der Waals surface area contributed by atoms with Crippen LogP contribution in [0.4, 0.5) is 10.2 Å². The van der Waals surface area contributed by atoms with Crippen LogP contribution in [-0.2, 0) is 0 Å². The molecule has 0 bridgehead atoms. The van der Waals surface area contributed by atoms with E-state index in [0.717, 1.165) is 41.2 Å². The Kier molecular flexibility index (Phi) is 4.86. The van der Waals surface area contributed by atoms with Gasteiger partial charge in [0.15, 0.2) is 5.82 Å². The van der Waals surface area contributed by atoms with Gasteiger partial charge in [-0.2, -0.15) is 5.10 Å². The normalized spacial score (nSPS) is 16.4. The van der Waals surface area contributed by atoms with Crippen molar-refractivity contribution in [2.75, 3.05) is 18.0 Å². The van der Waals surface area contributed by atoms with Crippen LogP contribution in [-0.4, -0.2) is 35.2 Å². The van der Waals surface area contributed by atoms with Gasteiger partial charge in [-0.25, -0.2) is 4.39 Å². The highest BCUT2D eigenvalue weighted by Crippen LogP contribution is 2.24. The van der Waals surface area contributed by atoms with Gasteiger partial charge in [-0.05, 0) is 62.2 Å². The van der Waals surface area contributed by atoms with Gasteiger partial charge in [-0.1, -0.05) is 17.2 Å². The van der Waals surface area contributed by atoms with Crippen LogP contribution in [0.25, 0.3) is 11.3 Å². The van der Waals surface area contributed by atoms with Gasteiger partial charge in [-0.3, -0.25) is 9.89 Å². The Morgan fingerprint density at radius 2 is 1.86 bits per heavy atom. The second-order valence-electron chi connectivity index (χ2n) is 7.43. The third-order valence-corrected chi connectivity index (χ3v) is 5.05. The molecule has 0 saturated carbocycles. The summed E-state index contributed by atoms with van der Waals surface area (Å²) >= 11 is 0. The van der Waals surface area contributed by atoms with E-state index in [9.17, 15) is 9.18 Å². The summed E-state index contributed by atoms with van der Waals surface area (Å²) in [6, 6.07) is 14.3. The Morgan fingerprint density at radius 3 is 2.57 bits per heavy atom. The van der Waals surface area contributed by atoms with Gasteiger partial charge in [0, 0.05) is 30.8 Å². The Balaban J connectivity index is 1.40. The molecule has 28 heavy (non-hydrogen) atoms. The standard InChI is InChI=1S/C22H23FN4O/c1-14-9-15(2)11-17(10-14)22(28)24-19-7-8-27(13-19)21-12-20(25-26-21)16-3-5-18(23)6-4-16/h3-6,9-12,19H,7-8,13H2,1-2H3,(H,24,28)(H,25,26)/t19-/m1/s1. The number of hydrogen-bond donors (Lipinski definition) is 2. The second kappa shape index (κ2) is 7.46. The quantitative estimate of drug-likeness (QED) is 0.725. The number of aromatic amines is 1. The average molecular weight is 378 g/mol. The molecule has 1 fully saturated rings. The van der Waals surface area contributed by atoms with Crippen molar-refractivity contribution < 1.29 is 9.18 Å². The first-order chi connectivity index (χ1) is 13.5. The largest absolute Gasteiger partial charge is 0.353 e. The van der Waals surface area contributed by atoms with E-state index in [1.54, 1.807) is 12.1 Å². The highest BCUT2D eigenvalue weighted by Gasteiger charge is 2.26. The van der Waals surface area contributed by atoms with Crippen LogP contribution >= 0.6 is 0 Å². The maximum absolute atomic E-state index is 13.1. The van der Waals surface area contributed by atoms with Crippen molar-refractivity contribution in [3.63, 3.8) is 0 Å². The monoisotopic (exact) mass is 378 g/mol. The van der Waals surface area contributed by atoms with Gasteiger partial charge in [0.05, 0.1) is 5.69 Å². The molecule has 6 heteroatoms. The molecule has 144 valence electrons. The zero-order chi connectivity index (χ0) is 19.7. The van der Waals surface area contributed by atoms with Crippen LogP contribution in [0.5, 0.6) is 0 Å². The van der Waals surface area contributed by atoms with E-state index < -0.39 is 0 Å². The maximum Gasteiger partial charge on any atom is 0.251 e. The first kappa shape index (κ1) is 18.2. The van der Waals surface area contributed by atoms with Gasteiger partial charge in [0.25, 0.3) is 5.91 Å². The molecule has 1 amide bonds. The summed E-state index contributed by atoms with van der Waals surface area (Å²) < 4.78 is 13.1. The summed E-state index contributed by atoms with van der Waals surface area (Å²) in [5.41, 5.74) is 4.61. The number of rotatable bonds is 4. The molecule has 1 aliphatic heterocycles. The third kappa shape index (κ3) is 3.91. The Labute approximate surface area is 163 Å². The summed E-state index contributed by atoms with van der Waals surface area (Å²) in [4.78, 5) is 14.7. The lowest BCUT2D eigenvalue weighted by Gasteiger charge is -2.16. The molecule has 0 aliphatic carbocycles. The van der Waals surface area contributed by atoms with E-state index in [4.69, 9.17) is 0 Å². The number of hydrogen-bond acceptors (Lipinski definition) is 3. The number of anilines is 1. The highest BCUT2D eigenvalue weighted by molar-refractivity contribution is 5.94. The summed E-state index contributed by atoms with van der Waals surface area (Å²) in [6.07, 6.45) is 0.870. The van der Waals surface area contributed by atoms with E-state index in [1.807, 2.05) is 32.0 Å². The highest BCUT2D eigenvalue weighted by atomic mass is 19.1. The topological polar surface area (TPSA) is 61.0 Å². The number of aromatic nitrogens is 2. The predicted octanol–water partition coefficient (Wildman–Crippen LogP) is 3.84. The van der Waals surface area contributed by atoms with Crippen molar-refractivity contribution in [3.8, 4) is 11.3 Å². The van der Waals surface area contributed by atoms with E-state index >= 15 is 0 Å². The number of nitrogens with one attached hydrogen (secondary N) is 2. The molecule has 4 rings (SSSR count). The molecule has 1 saturated heterocycles. The fraction of sp³-hybridized carbons (Fsp3) is 0.273. The Morgan fingerprint density at radius 1 is 1.14 bits per heavy atom. The van der Waals surface area contributed by atoms with E-state index in [0.29, 0.717) is 12.1 Å². The van der Waals surface area contributed by atoms with E-state index in [-0.39, 0.29) is 17.8 Å². The molecular formula is C22H23FN4O. The summed E-state index contributed by atoms with van der Waals surface area (Å²) in [7, 11) is 0. The van der Waals surface area contributed by atoms with Crippen molar-refractivity contribution in [3.05, 3.63) is 71.0 Å². The predicted molar refractivity (Wildman–Crippen MR) is 108 cm³/mol. The molecule has 1 aromatic heterocycles. The zero-order valence-electron chi connectivity index (χ0n) is 16.0. The first-order valence-corrected chi connectivity index (χ1v) is 9.43. The minimum absolute atomic E-state index is 0.0346. The summed E-state index contributed by atoms with van der Waals surface area (Å²) in [6.45, 7) is 5.53. The second-order valence-corrected chi connectivity index (χ2v) is 7.43. The van der Waals surface area contributed by atoms with Gasteiger partial charge >= 0.3 is 0 Å². The third-order valence-electron chi connectivity index (χ3n) is 5.05. The van der Waals surface area contributed by atoms with Crippen LogP contribution in [0.15, 0.2) is 48.5 Å². The lowest BCUT2D eigenvalue weighted by atomic mass is 10.1. The number of nitrogens with zero attached hydrogens (tertiary/aromatic N) is 2. The molecule has 2 N–H and O–H groups in total. The van der Waals surface area contributed by atoms with Crippen LogP contribution < -0.4 is 10.2 Å². The molecule has 0 unspecified atom stereocenters. The van der Waals surface area contributed by atoms with Crippen molar-refractivity contribution in [1.82, 2.24) is 15.5 Å². The van der Waals surface area contributed by atoms with Crippen molar-refractivity contribution in [2.45, 2.75) is 26.3 Å². The molecule has 0 radical (unpaired) electrons. The fourth-order valence-corrected chi connectivity index (χ4v) is 3.71. The number of halogens is 1. The molecule has 1 aliphatic rings. The Bertz CT molecular complexity index is 976. The van der Waals surface area contributed by atoms with E-state index in [2.05, 4.69) is 26.5 Å². The van der Waals surface area contributed by atoms with E-state index in [1.165, 1.54) is 12.1 Å². The molecule has 1 atom stereocenters. The number of H-pyrrole nitrogens is 1. The maximum atomic E-state index is 13.1. The fourth-order valence-electron chi connectivity index (χ4n) is 3.71. The van der Waals surface area contributed by atoms with Gasteiger partial charge < -0.3 is 10.2 Å². The lowest BCUT2D eigenvalue weighted by Crippen LogP contribution is -2.37. The number of amides is 1. The minimum atomic E-state index is -0.259. The van der Waals surface area contributed by atoms with Crippen molar-refractivity contribution in [1.29, 1.82) is 0 Å². The van der Waals surface area contributed by atoms with Crippen molar-refractivity contribution >= 4 is 11.7 Å². The average Bonchev–Trinajstić information content (AvgIpc) is 3.31. The molecule has 3 aromatic rings. The summed E-state index contributed by atoms with van der Waals surface area (Å²) in [5, 5.41) is 10.5. The lowest BCUT2D eigenvalue weighted by molar-refractivity contribution is 0.0940. The number of carbonyl (C=O) groups is 1. The number of carbonyl (C=O) groups excluding carboxylic acids is 1. The number of benzene rings is 2. The molecule has 2 aromatic carbocycles. The number of aryl methyl sites for hydroxylation is 2. The molecular weight excluding hydrogens is 355 g/mol. The smallest absolute Gasteiger partial charge is 0.251 e. The van der Waals surface area contributed by atoms with Crippen LogP contribution in [0.2, 0.25) is 0 Å². The van der Waals surface area contributed by atoms with Crippen LogP contribution in [0.3, 0.4) is 0 Å². The molecule has 5 nitrogen and oxygen atoms in total. The molecule has 2 heterocycles. The van der Waals surface area contributed by atoms with Gasteiger partial charge in [0.2, 0.25) is 0 Å². The Hall–Kier alpha value is -3.15. The van der Waals surface area contributed by atoms with Crippen LogP contribution in [0, 0.1) is 19.7 Å². The van der Waals surface area contributed by atoms with Crippen LogP contribution in [0.1, 0.15) is 27.9 Å². The van der Waals surface area contributed by atoms with Gasteiger partial charge in [-0.15, -0.1) is 0 Å². The van der Waals surface area contributed by atoms with Gasteiger partial charge in [0.1, 0.15) is 5.82 Å². The zero-order valence-corrected chi connectivity index (χ0v) is 16.0. The molecule has 0 spiro atoms. The summed E-state index contributed by atoms with van der Waals surface area (Å²) in [5.74, 6) is 0.542. The first-order valence-electron chi connectivity index (χ1n) is 9.43. The minimum Gasteiger partial charge on any atom is -0.353 e. The van der Waals surface area contributed by atoms with Crippen molar-refractivity contribution in [2.24, 2.45) is 0 Å².